The van der Waals surface area contributed by atoms with Crippen molar-refractivity contribution in [2.24, 2.45) is 0 Å². The van der Waals surface area contributed by atoms with Gasteiger partial charge in [0, 0.05) is 12.1 Å². The van der Waals surface area contributed by atoms with Gasteiger partial charge in [-0.3, -0.25) is 14.4 Å². The van der Waals surface area contributed by atoms with Crippen molar-refractivity contribution in [3.8, 4) is 5.75 Å². The quantitative estimate of drug-likeness (QED) is 0.512. The number of anilines is 1. The van der Waals surface area contributed by atoms with Gasteiger partial charge in [0.2, 0.25) is 5.91 Å². The molecule has 0 unspecified atom stereocenters. The third kappa shape index (κ3) is 4.94. The Morgan fingerprint density at radius 2 is 1.76 bits per heavy atom. The van der Waals surface area contributed by atoms with Gasteiger partial charge in [0.1, 0.15) is 11.8 Å². The molecule has 2 aliphatic rings. The number of ether oxygens (including phenoxy) is 1. The minimum absolute atomic E-state index is 0.0539. The number of para-hydroxylation sites is 1. The minimum atomic E-state index is -0.422. The molecule has 7 nitrogen and oxygen atoms in total. The van der Waals surface area contributed by atoms with Crippen molar-refractivity contribution in [1.82, 2.24) is 10.2 Å². The van der Waals surface area contributed by atoms with E-state index in [0.29, 0.717) is 42.9 Å². The third-order valence-corrected chi connectivity index (χ3v) is 7.09. The number of hydrogen-bond acceptors (Lipinski definition) is 4. The predicted octanol–water partition coefficient (Wildman–Crippen LogP) is 4.73. The first-order valence-electron chi connectivity index (χ1n) is 12.8. The second-order valence-corrected chi connectivity index (χ2v) is 9.49. The van der Waals surface area contributed by atoms with Crippen LogP contribution in [0.25, 0.3) is 0 Å². The van der Waals surface area contributed by atoms with Crippen LogP contribution in [0.5, 0.6) is 5.75 Å². The van der Waals surface area contributed by atoms with Crippen LogP contribution in [0.3, 0.4) is 0 Å². The van der Waals surface area contributed by atoms with E-state index in [-0.39, 0.29) is 23.8 Å². The van der Waals surface area contributed by atoms with E-state index < -0.39 is 6.04 Å². The van der Waals surface area contributed by atoms with Gasteiger partial charge in [0.25, 0.3) is 11.8 Å². The number of rotatable bonds is 7. The van der Waals surface area contributed by atoms with Gasteiger partial charge in [-0.2, -0.15) is 0 Å². The number of nitrogens with zero attached hydrogens (tertiary/aromatic N) is 2. The molecule has 2 aliphatic heterocycles. The number of fused-ring (bicyclic) bond motifs is 2. The van der Waals surface area contributed by atoms with Crippen LogP contribution in [0.4, 0.5) is 5.69 Å². The Labute approximate surface area is 217 Å². The topological polar surface area (TPSA) is 79.0 Å². The summed E-state index contributed by atoms with van der Waals surface area (Å²) >= 11 is 0. The summed E-state index contributed by atoms with van der Waals surface area (Å²) in [6.45, 7) is 5.43. The molecule has 0 spiro atoms. The molecule has 0 bridgehead atoms. The van der Waals surface area contributed by atoms with Crippen LogP contribution in [-0.2, 0) is 11.3 Å². The van der Waals surface area contributed by atoms with Crippen LogP contribution in [-0.4, -0.2) is 41.8 Å². The minimum Gasteiger partial charge on any atom is -0.494 e. The summed E-state index contributed by atoms with van der Waals surface area (Å²) < 4.78 is 5.48. The van der Waals surface area contributed by atoms with Gasteiger partial charge >= 0.3 is 0 Å². The van der Waals surface area contributed by atoms with E-state index in [1.807, 2.05) is 68.4 Å². The van der Waals surface area contributed by atoms with Crippen LogP contribution in [0, 0.1) is 0 Å². The molecule has 0 aromatic heterocycles. The molecule has 3 amide bonds. The van der Waals surface area contributed by atoms with Gasteiger partial charge < -0.3 is 19.9 Å². The van der Waals surface area contributed by atoms with E-state index in [2.05, 4.69) is 5.32 Å². The molecule has 37 heavy (non-hydrogen) atoms. The molecule has 1 fully saturated rings. The normalized spacial score (nSPS) is 17.6. The summed E-state index contributed by atoms with van der Waals surface area (Å²) in [5.74, 6) is 0.497. The first kappa shape index (κ1) is 24.6. The Hall–Kier alpha value is -4.13. The molecule has 2 heterocycles. The molecule has 190 valence electrons. The fourth-order valence-electron chi connectivity index (χ4n) is 5.10. The van der Waals surface area contributed by atoms with Crippen molar-refractivity contribution in [2.75, 3.05) is 18.1 Å². The molecule has 0 aliphatic carbocycles. The molecule has 0 saturated carbocycles. The van der Waals surface area contributed by atoms with Gasteiger partial charge in [0.15, 0.2) is 0 Å². The fraction of sp³-hybridized carbons (Fsp3) is 0.300. The first-order valence-corrected chi connectivity index (χ1v) is 12.8. The molecule has 0 radical (unpaired) electrons. The zero-order chi connectivity index (χ0) is 25.9. The van der Waals surface area contributed by atoms with Gasteiger partial charge in [0.05, 0.1) is 30.4 Å². The SMILES string of the molecule is CCOc1ccc([C@@H](C)NC(=O)c2ccc(CN3C(=O)[C@@H]4CCCN4C(=O)c4ccccc43)cc2)cc1. The highest BCUT2D eigenvalue weighted by Crippen LogP contribution is 2.33. The summed E-state index contributed by atoms with van der Waals surface area (Å²) in [6.07, 6.45) is 1.51. The molecular formula is C30H31N3O4. The van der Waals surface area contributed by atoms with Gasteiger partial charge in [-0.15, -0.1) is 0 Å². The second kappa shape index (κ2) is 10.5. The highest BCUT2D eigenvalue weighted by Gasteiger charge is 2.41. The van der Waals surface area contributed by atoms with E-state index in [9.17, 15) is 14.4 Å². The lowest BCUT2D eigenvalue weighted by Crippen LogP contribution is -2.44. The van der Waals surface area contributed by atoms with Crippen molar-refractivity contribution in [3.63, 3.8) is 0 Å². The predicted molar refractivity (Wildman–Crippen MR) is 142 cm³/mol. The molecule has 7 heteroatoms. The molecule has 1 saturated heterocycles. The largest absolute Gasteiger partial charge is 0.494 e. The number of carbonyl (C=O) groups is 3. The standard InChI is InChI=1S/C30H31N3O4/c1-3-37-24-16-14-22(15-17-24)20(2)31-28(34)23-12-10-21(11-13-23)19-33-26-8-5-4-7-25(26)29(35)32-18-6-9-27(32)30(33)36/h4-5,7-8,10-17,20,27H,3,6,9,18-19H2,1-2H3,(H,31,34)/t20-,27+/m1/s1. The van der Waals surface area contributed by atoms with Crippen molar-refractivity contribution in [3.05, 3.63) is 95.1 Å². The summed E-state index contributed by atoms with van der Waals surface area (Å²) in [7, 11) is 0. The Bertz CT molecular complexity index is 1300. The monoisotopic (exact) mass is 497 g/mol. The average Bonchev–Trinajstić information content (AvgIpc) is 3.39. The third-order valence-electron chi connectivity index (χ3n) is 7.09. The maximum atomic E-state index is 13.5. The van der Waals surface area contributed by atoms with Crippen LogP contribution in [0.2, 0.25) is 0 Å². The summed E-state index contributed by atoms with van der Waals surface area (Å²) in [5, 5.41) is 3.04. The highest BCUT2D eigenvalue weighted by molar-refractivity contribution is 6.11. The Balaban J connectivity index is 1.30. The van der Waals surface area contributed by atoms with Crippen LogP contribution in [0.15, 0.2) is 72.8 Å². The lowest BCUT2D eigenvalue weighted by Gasteiger charge is -2.26. The smallest absolute Gasteiger partial charge is 0.256 e. The average molecular weight is 498 g/mol. The molecule has 3 aromatic carbocycles. The molecule has 1 N–H and O–H groups in total. The number of nitrogens with one attached hydrogen (secondary N) is 1. The van der Waals surface area contributed by atoms with E-state index in [1.54, 1.807) is 28.0 Å². The Morgan fingerprint density at radius 1 is 1.03 bits per heavy atom. The maximum Gasteiger partial charge on any atom is 0.256 e. The van der Waals surface area contributed by atoms with Gasteiger partial charge in [-0.25, -0.2) is 0 Å². The number of carbonyl (C=O) groups excluding carboxylic acids is 3. The van der Waals surface area contributed by atoms with Crippen molar-refractivity contribution in [1.29, 1.82) is 0 Å². The van der Waals surface area contributed by atoms with Crippen LogP contribution in [0.1, 0.15) is 64.6 Å². The molecule has 3 aromatic rings. The van der Waals surface area contributed by atoms with Crippen LogP contribution >= 0.6 is 0 Å². The van der Waals surface area contributed by atoms with Gasteiger partial charge in [-0.1, -0.05) is 36.4 Å². The zero-order valence-corrected chi connectivity index (χ0v) is 21.1. The zero-order valence-electron chi connectivity index (χ0n) is 21.1. The van der Waals surface area contributed by atoms with Gasteiger partial charge in [-0.05, 0) is 74.2 Å². The lowest BCUT2D eigenvalue weighted by molar-refractivity contribution is -0.122. The lowest BCUT2D eigenvalue weighted by atomic mass is 10.1. The first-order chi connectivity index (χ1) is 18.0. The van der Waals surface area contributed by atoms with Crippen molar-refractivity contribution >= 4 is 23.4 Å². The Kier molecular flexibility index (Phi) is 6.95. The highest BCUT2D eigenvalue weighted by atomic mass is 16.5. The summed E-state index contributed by atoms with van der Waals surface area (Å²) in [4.78, 5) is 42.9. The molecule has 2 atom stereocenters. The fourth-order valence-corrected chi connectivity index (χ4v) is 5.10. The van der Waals surface area contributed by atoms with E-state index in [1.165, 1.54) is 0 Å². The maximum absolute atomic E-state index is 13.5. The number of hydrogen-bond donors (Lipinski definition) is 1. The number of benzene rings is 3. The van der Waals surface area contributed by atoms with E-state index in [0.717, 1.165) is 23.3 Å². The second-order valence-electron chi connectivity index (χ2n) is 9.49. The van der Waals surface area contributed by atoms with Crippen molar-refractivity contribution in [2.45, 2.75) is 45.3 Å². The number of amides is 3. The molecule has 5 rings (SSSR count). The van der Waals surface area contributed by atoms with E-state index >= 15 is 0 Å². The van der Waals surface area contributed by atoms with E-state index in [4.69, 9.17) is 4.74 Å². The van der Waals surface area contributed by atoms with Crippen LogP contribution < -0.4 is 15.0 Å². The summed E-state index contributed by atoms with van der Waals surface area (Å²) in [6, 6.07) is 21.7. The Morgan fingerprint density at radius 3 is 2.49 bits per heavy atom. The molecular weight excluding hydrogens is 466 g/mol. The summed E-state index contributed by atoms with van der Waals surface area (Å²) in [5.41, 5.74) is 3.61. The van der Waals surface area contributed by atoms with Crippen molar-refractivity contribution < 1.29 is 19.1 Å².